The molecule has 3 heteroatoms. The first-order valence-electron chi connectivity index (χ1n) is 11.0. The lowest BCUT2D eigenvalue weighted by Gasteiger charge is -2.07. The molecule has 0 fully saturated rings. The summed E-state index contributed by atoms with van der Waals surface area (Å²) in [6.45, 7) is 4.85. The van der Waals surface area contributed by atoms with Crippen molar-refractivity contribution in [1.29, 1.82) is 0 Å². The summed E-state index contributed by atoms with van der Waals surface area (Å²) < 4.78 is 5.23. The van der Waals surface area contributed by atoms with Crippen LogP contribution in [-0.2, 0) is 9.53 Å². The summed E-state index contributed by atoms with van der Waals surface area (Å²) in [4.78, 5) is 11.3. The monoisotopic (exact) mass is 418 g/mol. The summed E-state index contributed by atoms with van der Waals surface area (Å²) in [5.41, 5.74) is 0. The molecule has 25 heavy (non-hydrogen) atoms. The second kappa shape index (κ2) is 20.3. The highest BCUT2D eigenvalue weighted by Gasteiger charge is 2.12. The van der Waals surface area contributed by atoms with E-state index in [0.29, 0.717) is 6.61 Å². The third kappa shape index (κ3) is 18.5. The molecular formula is C22H43BrO2. The quantitative estimate of drug-likeness (QED) is 0.121. The minimum absolute atomic E-state index is 0.108. The van der Waals surface area contributed by atoms with E-state index in [1.807, 2.05) is 6.92 Å². The van der Waals surface area contributed by atoms with Crippen LogP contribution < -0.4 is 0 Å². The zero-order chi connectivity index (χ0) is 18.6. The number of alkyl halides is 1. The van der Waals surface area contributed by atoms with Crippen molar-refractivity contribution in [1.82, 2.24) is 0 Å². The van der Waals surface area contributed by atoms with E-state index in [4.69, 9.17) is 4.74 Å². The highest BCUT2D eigenvalue weighted by atomic mass is 79.9. The molecule has 0 bridgehead atoms. The van der Waals surface area contributed by atoms with Crippen LogP contribution >= 0.6 is 15.9 Å². The van der Waals surface area contributed by atoms with Crippen molar-refractivity contribution in [2.45, 2.75) is 128 Å². The molecule has 0 N–H and O–H groups in total. The van der Waals surface area contributed by atoms with Crippen LogP contribution in [0.4, 0.5) is 0 Å². The van der Waals surface area contributed by atoms with Gasteiger partial charge in [0.1, 0.15) is 4.83 Å². The summed E-state index contributed by atoms with van der Waals surface area (Å²) >= 11 is 3.32. The Kier molecular flexibility index (Phi) is 20.2. The van der Waals surface area contributed by atoms with Gasteiger partial charge in [-0.05, 0) is 12.8 Å². The standard InChI is InChI=1S/C22H43BrO2/c1-3-5-6-7-8-9-10-11-12-13-14-15-16-17-18-19-20-25-22(24)21(23)4-2/h21H,3-20H2,1-2H3. The van der Waals surface area contributed by atoms with E-state index in [1.54, 1.807) is 0 Å². The summed E-state index contributed by atoms with van der Waals surface area (Å²) in [6.07, 6.45) is 22.6. The summed E-state index contributed by atoms with van der Waals surface area (Å²) in [7, 11) is 0. The van der Waals surface area contributed by atoms with Crippen LogP contribution in [0.15, 0.2) is 0 Å². The molecule has 0 aliphatic rings. The first-order valence-corrected chi connectivity index (χ1v) is 11.9. The predicted octanol–water partition coefficient (Wildman–Crippen LogP) is 7.96. The smallest absolute Gasteiger partial charge is 0.319 e. The molecule has 0 rings (SSSR count). The Bertz CT molecular complexity index is 281. The fraction of sp³-hybridized carbons (Fsp3) is 0.955. The lowest BCUT2D eigenvalue weighted by molar-refractivity contribution is -0.143. The van der Waals surface area contributed by atoms with Crippen molar-refractivity contribution >= 4 is 21.9 Å². The first kappa shape index (κ1) is 24.9. The van der Waals surface area contributed by atoms with Crippen LogP contribution in [-0.4, -0.2) is 17.4 Å². The summed E-state index contributed by atoms with van der Waals surface area (Å²) in [5.74, 6) is -0.108. The normalized spacial score (nSPS) is 12.3. The molecular weight excluding hydrogens is 376 g/mol. The molecule has 0 saturated heterocycles. The Hall–Kier alpha value is -0.0500. The third-order valence-corrected chi connectivity index (χ3v) is 5.88. The van der Waals surface area contributed by atoms with Crippen molar-refractivity contribution in [3.05, 3.63) is 0 Å². The highest BCUT2D eigenvalue weighted by Crippen LogP contribution is 2.14. The lowest BCUT2D eigenvalue weighted by atomic mass is 10.0. The molecule has 150 valence electrons. The summed E-state index contributed by atoms with van der Waals surface area (Å²) in [5, 5.41) is 0. The molecule has 0 heterocycles. The number of hydrogen-bond donors (Lipinski definition) is 0. The van der Waals surface area contributed by atoms with Gasteiger partial charge in [0.25, 0.3) is 0 Å². The second-order valence-corrected chi connectivity index (χ2v) is 8.45. The van der Waals surface area contributed by atoms with E-state index >= 15 is 0 Å². The first-order chi connectivity index (χ1) is 12.2. The van der Waals surface area contributed by atoms with E-state index in [1.165, 1.54) is 96.3 Å². The van der Waals surface area contributed by atoms with Crippen molar-refractivity contribution < 1.29 is 9.53 Å². The molecule has 0 aromatic heterocycles. The molecule has 0 aromatic carbocycles. The predicted molar refractivity (Wildman–Crippen MR) is 114 cm³/mol. The van der Waals surface area contributed by atoms with Gasteiger partial charge in [-0.2, -0.15) is 0 Å². The number of carbonyl (C=O) groups excluding carboxylic acids is 1. The molecule has 0 saturated carbocycles. The zero-order valence-corrected chi connectivity index (χ0v) is 18.6. The van der Waals surface area contributed by atoms with E-state index in [-0.39, 0.29) is 10.8 Å². The fourth-order valence-corrected chi connectivity index (χ4v) is 3.21. The van der Waals surface area contributed by atoms with Gasteiger partial charge in [-0.3, -0.25) is 4.79 Å². The van der Waals surface area contributed by atoms with Crippen LogP contribution in [0.3, 0.4) is 0 Å². The number of unbranched alkanes of at least 4 members (excludes halogenated alkanes) is 15. The van der Waals surface area contributed by atoms with Gasteiger partial charge in [0.2, 0.25) is 0 Å². The van der Waals surface area contributed by atoms with Crippen LogP contribution in [0.1, 0.15) is 123 Å². The Morgan fingerprint density at radius 1 is 0.680 bits per heavy atom. The molecule has 0 spiro atoms. The van der Waals surface area contributed by atoms with Gasteiger partial charge in [-0.25, -0.2) is 0 Å². The van der Waals surface area contributed by atoms with E-state index < -0.39 is 0 Å². The Labute approximate surface area is 166 Å². The largest absolute Gasteiger partial charge is 0.465 e. The van der Waals surface area contributed by atoms with Gasteiger partial charge in [-0.15, -0.1) is 0 Å². The minimum Gasteiger partial charge on any atom is -0.465 e. The number of ether oxygens (including phenoxy) is 1. The van der Waals surface area contributed by atoms with Gasteiger partial charge in [0, 0.05) is 0 Å². The maximum absolute atomic E-state index is 11.5. The molecule has 0 amide bonds. The molecule has 0 aliphatic heterocycles. The lowest BCUT2D eigenvalue weighted by Crippen LogP contribution is -2.16. The van der Waals surface area contributed by atoms with Gasteiger partial charge in [-0.1, -0.05) is 126 Å². The van der Waals surface area contributed by atoms with Gasteiger partial charge < -0.3 is 4.74 Å². The Morgan fingerprint density at radius 3 is 1.40 bits per heavy atom. The molecule has 0 aliphatic carbocycles. The number of halogens is 1. The number of esters is 1. The maximum atomic E-state index is 11.5. The van der Waals surface area contributed by atoms with Crippen LogP contribution in [0, 0.1) is 0 Å². The van der Waals surface area contributed by atoms with Crippen LogP contribution in [0.5, 0.6) is 0 Å². The van der Waals surface area contributed by atoms with E-state index in [2.05, 4.69) is 22.9 Å². The topological polar surface area (TPSA) is 26.3 Å². The van der Waals surface area contributed by atoms with Crippen molar-refractivity contribution in [3.8, 4) is 0 Å². The summed E-state index contributed by atoms with van der Waals surface area (Å²) in [6, 6.07) is 0. The highest BCUT2D eigenvalue weighted by molar-refractivity contribution is 9.10. The fourth-order valence-electron chi connectivity index (χ4n) is 3.08. The van der Waals surface area contributed by atoms with Gasteiger partial charge in [0.15, 0.2) is 0 Å². The average Bonchev–Trinajstić information content (AvgIpc) is 2.63. The number of rotatable bonds is 19. The second-order valence-electron chi connectivity index (χ2n) is 7.35. The molecule has 1 atom stereocenters. The average molecular weight is 419 g/mol. The zero-order valence-electron chi connectivity index (χ0n) is 17.0. The minimum atomic E-state index is -0.131. The molecule has 0 aromatic rings. The Balaban J connectivity index is 3.08. The maximum Gasteiger partial charge on any atom is 0.319 e. The molecule has 1 unspecified atom stereocenters. The van der Waals surface area contributed by atoms with Gasteiger partial charge in [0.05, 0.1) is 6.61 Å². The van der Waals surface area contributed by atoms with Crippen LogP contribution in [0.25, 0.3) is 0 Å². The van der Waals surface area contributed by atoms with Gasteiger partial charge >= 0.3 is 5.97 Å². The van der Waals surface area contributed by atoms with E-state index in [9.17, 15) is 4.79 Å². The SMILES string of the molecule is CCCCCCCCCCCCCCCCCCOC(=O)C(Br)CC. The number of hydrogen-bond acceptors (Lipinski definition) is 2. The third-order valence-electron chi connectivity index (χ3n) is 4.86. The number of carbonyl (C=O) groups is 1. The molecule has 2 nitrogen and oxygen atoms in total. The Morgan fingerprint density at radius 2 is 1.04 bits per heavy atom. The van der Waals surface area contributed by atoms with Crippen molar-refractivity contribution in [2.75, 3.05) is 6.61 Å². The van der Waals surface area contributed by atoms with E-state index in [0.717, 1.165) is 12.8 Å². The molecule has 0 radical (unpaired) electrons. The van der Waals surface area contributed by atoms with Crippen molar-refractivity contribution in [2.24, 2.45) is 0 Å². The van der Waals surface area contributed by atoms with Crippen LogP contribution in [0.2, 0.25) is 0 Å². The van der Waals surface area contributed by atoms with Crippen molar-refractivity contribution in [3.63, 3.8) is 0 Å².